The topological polar surface area (TPSA) is 60.2 Å². The highest BCUT2D eigenvalue weighted by Crippen LogP contribution is 2.18. The highest BCUT2D eigenvalue weighted by molar-refractivity contribution is 5.38. The van der Waals surface area contributed by atoms with E-state index in [1.165, 1.54) is 0 Å². The van der Waals surface area contributed by atoms with Gasteiger partial charge in [0.25, 0.3) is 0 Å². The summed E-state index contributed by atoms with van der Waals surface area (Å²) in [5.41, 5.74) is 2.05. The molecule has 0 radical (unpaired) electrons. The average Bonchev–Trinajstić information content (AvgIpc) is 2.98. The van der Waals surface area contributed by atoms with Crippen molar-refractivity contribution < 1.29 is 9.84 Å². The second-order valence-corrected chi connectivity index (χ2v) is 4.66. The third kappa shape index (κ3) is 2.86. The molecule has 0 bridgehead atoms. The van der Waals surface area contributed by atoms with Gasteiger partial charge >= 0.3 is 0 Å². The van der Waals surface area contributed by atoms with Crippen LogP contribution in [0.25, 0.3) is 5.69 Å². The molecule has 0 aliphatic carbocycles. The zero-order valence-electron chi connectivity index (χ0n) is 11.6. The zero-order chi connectivity index (χ0) is 14.7. The Morgan fingerprint density at radius 3 is 2.43 bits per heavy atom. The number of ether oxygens (including phenoxy) is 1. The van der Waals surface area contributed by atoms with Gasteiger partial charge < -0.3 is 9.84 Å². The highest BCUT2D eigenvalue weighted by atomic mass is 16.5. The number of phenolic OH excluding ortho intramolecular Hbond substituents is 1. The van der Waals surface area contributed by atoms with Gasteiger partial charge in [-0.3, -0.25) is 4.57 Å². The van der Waals surface area contributed by atoms with Crippen molar-refractivity contribution in [1.82, 2.24) is 14.8 Å². The number of hydrogen-bond donors (Lipinski definition) is 1. The van der Waals surface area contributed by atoms with E-state index in [1.54, 1.807) is 25.6 Å². The van der Waals surface area contributed by atoms with Gasteiger partial charge in [-0.2, -0.15) is 0 Å². The molecule has 0 unspecified atom stereocenters. The van der Waals surface area contributed by atoms with Crippen LogP contribution in [-0.2, 0) is 6.42 Å². The fraction of sp³-hybridized carbons (Fsp3) is 0.125. The van der Waals surface area contributed by atoms with Crippen LogP contribution in [0, 0.1) is 0 Å². The maximum atomic E-state index is 9.32. The summed E-state index contributed by atoms with van der Waals surface area (Å²) in [4.78, 5) is 0. The van der Waals surface area contributed by atoms with Gasteiger partial charge in [-0.05, 0) is 42.0 Å². The number of hydrogen-bond acceptors (Lipinski definition) is 4. The Kier molecular flexibility index (Phi) is 3.55. The van der Waals surface area contributed by atoms with Crippen molar-refractivity contribution in [3.8, 4) is 17.2 Å². The Hall–Kier alpha value is -2.82. The fourth-order valence-electron chi connectivity index (χ4n) is 2.13. The van der Waals surface area contributed by atoms with Crippen LogP contribution in [0.4, 0.5) is 0 Å². The van der Waals surface area contributed by atoms with Crippen LogP contribution in [0.1, 0.15) is 11.4 Å². The molecule has 0 fully saturated rings. The molecule has 3 rings (SSSR count). The lowest BCUT2D eigenvalue weighted by Gasteiger charge is -2.07. The molecule has 5 heteroatoms. The van der Waals surface area contributed by atoms with Gasteiger partial charge in [-0.25, -0.2) is 0 Å². The molecule has 106 valence electrons. The first-order valence-corrected chi connectivity index (χ1v) is 6.57. The van der Waals surface area contributed by atoms with E-state index in [4.69, 9.17) is 4.74 Å². The summed E-state index contributed by atoms with van der Waals surface area (Å²) in [6.45, 7) is 0. The summed E-state index contributed by atoms with van der Waals surface area (Å²) in [7, 11) is 1.64. The van der Waals surface area contributed by atoms with Crippen molar-refractivity contribution in [3.05, 3.63) is 66.2 Å². The average molecular weight is 281 g/mol. The van der Waals surface area contributed by atoms with Crippen LogP contribution in [-0.4, -0.2) is 27.0 Å². The SMILES string of the molecule is COc1ccc(-n2cnnc2Cc2ccc(O)cc2)cc1. The molecule has 0 spiro atoms. The van der Waals surface area contributed by atoms with Crippen LogP contribution in [0.5, 0.6) is 11.5 Å². The number of nitrogens with zero attached hydrogens (tertiary/aromatic N) is 3. The number of aromatic hydroxyl groups is 1. The predicted octanol–water partition coefficient (Wildman–Crippen LogP) is 2.57. The van der Waals surface area contributed by atoms with Gasteiger partial charge in [0, 0.05) is 12.1 Å². The van der Waals surface area contributed by atoms with E-state index in [1.807, 2.05) is 41.0 Å². The second-order valence-electron chi connectivity index (χ2n) is 4.66. The predicted molar refractivity (Wildman–Crippen MR) is 78.8 cm³/mol. The molecule has 0 saturated carbocycles. The van der Waals surface area contributed by atoms with E-state index < -0.39 is 0 Å². The van der Waals surface area contributed by atoms with Gasteiger partial charge in [0.2, 0.25) is 0 Å². The number of rotatable bonds is 4. The highest BCUT2D eigenvalue weighted by Gasteiger charge is 2.07. The summed E-state index contributed by atoms with van der Waals surface area (Å²) < 4.78 is 7.10. The molecule has 0 aliphatic heterocycles. The molecule has 0 atom stereocenters. The van der Waals surface area contributed by atoms with Crippen LogP contribution >= 0.6 is 0 Å². The van der Waals surface area contributed by atoms with Gasteiger partial charge in [-0.15, -0.1) is 10.2 Å². The first kappa shape index (κ1) is 13.2. The molecule has 5 nitrogen and oxygen atoms in total. The lowest BCUT2D eigenvalue weighted by molar-refractivity contribution is 0.414. The lowest BCUT2D eigenvalue weighted by atomic mass is 10.1. The third-order valence-corrected chi connectivity index (χ3v) is 3.27. The van der Waals surface area contributed by atoms with Gasteiger partial charge in [-0.1, -0.05) is 12.1 Å². The molecule has 21 heavy (non-hydrogen) atoms. The molecule has 3 aromatic rings. The van der Waals surface area contributed by atoms with Crippen molar-refractivity contribution in [2.45, 2.75) is 6.42 Å². The van der Waals surface area contributed by atoms with E-state index >= 15 is 0 Å². The molecule has 1 N–H and O–H groups in total. The summed E-state index contributed by atoms with van der Waals surface area (Å²) in [6.07, 6.45) is 2.34. The van der Waals surface area contributed by atoms with E-state index in [2.05, 4.69) is 10.2 Å². The smallest absolute Gasteiger partial charge is 0.141 e. The van der Waals surface area contributed by atoms with Crippen molar-refractivity contribution in [2.75, 3.05) is 7.11 Å². The van der Waals surface area contributed by atoms with E-state index in [-0.39, 0.29) is 5.75 Å². The first-order chi connectivity index (χ1) is 10.3. The summed E-state index contributed by atoms with van der Waals surface area (Å²) in [5.74, 6) is 1.91. The van der Waals surface area contributed by atoms with Crippen molar-refractivity contribution in [1.29, 1.82) is 0 Å². The minimum absolute atomic E-state index is 0.260. The fourth-order valence-corrected chi connectivity index (χ4v) is 2.13. The molecular formula is C16H15N3O2. The van der Waals surface area contributed by atoms with Crippen molar-refractivity contribution >= 4 is 0 Å². The third-order valence-electron chi connectivity index (χ3n) is 3.27. The molecule has 1 aromatic heterocycles. The molecule has 2 aromatic carbocycles. The standard InChI is InChI=1S/C16H15N3O2/c1-21-15-8-4-13(5-9-15)19-11-17-18-16(19)10-12-2-6-14(20)7-3-12/h2-9,11,20H,10H2,1H3. The normalized spacial score (nSPS) is 10.5. The van der Waals surface area contributed by atoms with Gasteiger partial charge in [0.05, 0.1) is 7.11 Å². The monoisotopic (exact) mass is 281 g/mol. The van der Waals surface area contributed by atoms with E-state index in [0.717, 1.165) is 22.8 Å². The minimum atomic E-state index is 0.260. The van der Waals surface area contributed by atoms with Gasteiger partial charge in [0.15, 0.2) is 0 Å². The van der Waals surface area contributed by atoms with Crippen LogP contribution in [0.2, 0.25) is 0 Å². The zero-order valence-corrected chi connectivity index (χ0v) is 11.6. The number of aromatic nitrogens is 3. The van der Waals surface area contributed by atoms with Crippen LogP contribution in [0.15, 0.2) is 54.9 Å². The van der Waals surface area contributed by atoms with Gasteiger partial charge in [0.1, 0.15) is 23.7 Å². The Morgan fingerprint density at radius 2 is 1.76 bits per heavy atom. The van der Waals surface area contributed by atoms with Crippen molar-refractivity contribution in [2.24, 2.45) is 0 Å². The summed E-state index contributed by atoms with van der Waals surface area (Å²) in [6, 6.07) is 14.8. The Bertz CT molecular complexity index is 718. The molecule has 0 saturated heterocycles. The number of benzene rings is 2. The van der Waals surface area contributed by atoms with E-state index in [9.17, 15) is 5.11 Å². The van der Waals surface area contributed by atoms with E-state index in [0.29, 0.717) is 6.42 Å². The molecule has 0 amide bonds. The Morgan fingerprint density at radius 1 is 1.05 bits per heavy atom. The summed E-state index contributed by atoms with van der Waals surface area (Å²) in [5, 5.41) is 17.5. The number of methoxy groups -OCH3 is 1. The lowest BCUT2D eigenvalue weighted by Crippen LogP contribution is -2.01. The first-order valence-electron chi connectivity index (χ1n) is 6.57. The molecule has 0 aliphatic rings. The van der Waals surface area contributed by atoms with Crippen LogP contribution in [0.3, 0.4) is 0 Å². The number of phenols is 1. The van der Waals surface area contributed by atoms with Crippen LogP contribution < -0.4 is 4.74 Å². The Labute approximate surface area is 122 Å². The quantitative estimate of drug-likeness (QED) is 0.798. The molecule has 1 heterocycles. The maximum Gasteiger partial charge on any atom is 0.141 e. The molecular weight excluding hydrogens is 266 g/mol. The van der Waals surface area contributed by atoms with Crippen molar-refractivity contribution in [3.63, 3.8) is 0 Å². The largest absolute Gasteiger partial charge is 0.508 e. The minimum Gasteiger partial charge on any atom is -0.508 e. The maximum absolute atomic E-state index is 9.32. The second kappa shape index (κ2) is 5.66. The Balaban J connectivity index is 1.87. The summed E-state index contributed by atoms with van der Waals surface area (Å²) >= 11 is 0.